The normalized spacial score (nSPS) is 12.2. The Bertz CT molecular complexity index is 1030. The minimum Gasteiger partial charge on any atom is -0.465 e. The molecule has 0 spiro atoms. The van der Waals surface area contributed by atoms with Crippen molar-refractivity contribution < 1.29 is 14.3 Å². The van der Waals surface area contributed by atoms with Gasteiger partial charge in [-0.1, -0.05) is 33.3 Å². The highest BCUT2D eigenvalue weighted by molar-refractivity contribution is 9.10. The van der Waals surface area contributed by atoms with Crippen LogP contribution in [0.15, 0.2) is 51.3 Å². The van der Waals surface area contributed by atoms with Crippen LogP contribution in [0.2, 0.25) is 0 Å². The number of rotatable bonds is 5. The number of amides is 1. The fraction of sp³-hybridized carbons (Fsp3) is 0.167. The lowest BCUT2D eigenvalue weighted by molar-refractivity contribution is -0.143. The summed E-state index contributed by atoms with van der Waals surface area (Å²) in [5, 5.41) is 1.94. The van der Waals surface area contributed by atoms with Gasteiger partial charge in [-0.3, -0.25) is 9.59 Å². The van der Waals surface area contributed by atoms with Gasteiger partial charge >= 0.3 is 5.97 Å². The minimum absolute atomic E-state index is 0.0101. The number of fused-ring (bicyclic) bond motifs is 1. The average molecular weight is 451 g/mol. The number of carbonyl (C=O) groups excluding carboxylic acids is 2. The van der Waals surface area contributed by atoms with E-state index in [4.69, 9.17) is 4.74 Å². The number of thiophene rings is 1. The molecular weight excluding hydrogens is 436 g/mol. The number of halogens is 1. The Morgan fingerprint density at radius 3 is 2.92 bits per heavy atom. The van der Waals surface area contributed by atoms with Crippen molar-refractivity contribution >= 4 is 66.8 Å². The molecule has 0 fully saturated rings. The maximum atomic E-state index is 12.2. The first-order chi connectivity index (χ1) is 12.6. The molecule has 0 aliphatic rings. The monoisotopic (exact) mass is 450 g/mol. The largest absolute Gasteiger partial charge is 0.465 e. The lowest BCUT2D eigenvalue weighted by Crippen LogP contribution is -2.22. The molecule has 2 aromatic heterocycles. The number of hydrogen-bond donors (Lipinski definition) is 0. The number of benzene rings is 1. The second kappa shape index (κ2) is 8.57. The highest BCUT2D eigenvalue weighted by atomic mass is 79.9. The van der Waals surface area contributed by atoms with Crippen molar-refractivity contribution in [3.8, 4) is 0 Å². The Morgan fingerprint density at radius 1 is 1.35 bits per heavy atom. The van der Waals surface area contributed by atoms with E-state index in [1.54, 1.807) is 28.9 Å². The molecule has 0 bridgehead atoms. The van der Waals surface area contributed by atoms with E-state index in [2.05, 4.69) is 20.9 Å². The maximum absolute atomic E-state index is 12.2. The van der Waals surface area contributed by atoms with Crippen molar-refractivity contribution in [1.82, 2.24) is 4.57 Å². The van der Waals surface area contributed by atoms with E-state index in [-0.39, 0.29) is 18.4 Å². The summed E-state index contributed by atoms with van der Waals surface area (Å²) in [6.07, 6.45) is 3.16. The molecule has 26 heavy (non-hydrogen) atoms. The van der Waals surface area contributed by atoms with Gasteiger partial charge in [-0.15, -0.1) is 11.3 Å². The molecule has 0 radical (unpaired) electrons. The molecule has 5 nitrogen and oxygen atoms in total. The molecule has 0 atom stereocenters. The van der Waals surface area contributed by atoms with Gasteiger partial charge in [0.05, 0.1) is 16.8 Å². The van der Waals surface area contributed by atoms with Crippen molar-refractivity contribution in [1.29, 1.82) is 0 Å². The van der Waals surface area contributed by atoms with Crippen molar-refractivity contribution in [2.75, 3.05) is 6.61 Å². The summed E-state index contributed by atoms with van der Waals surface area (Å²) in [5.41, 5.74) is 0.833. The van der Waals surface area contributed by atoms with Crippen LogP contribution in [0.4, 0.5) is 0 Å². The third-order valence-corrected chi connectivity index (χ3v) is 5.75. The quantitative estimate of drug-likeness (QED) is 0.431. The highest BCUT2D eigenvalue weighted by Gasteiger charge is 2.12. The number of aromatic nitrogens is 1. The van der Waals surface area contributed by atoms with Crippen LogP contribution in [0.3, 0.4) is 0 Å². The van der Waals surface area contributed by atoms with Crippen molar-refractivity contribution in [2.24, 2.45) is 4.99 Å². The molecule has 3 aromatic rings. The van der Waals surface area contributed by atoms with Crippen molar-refractivity contribution in [3.63, 3.8) is 0 Å². The third-order valence-electron chi connectivity index (χ3n) is 3.38. The van der Waals surface area contributed by atoms with Gasteiger partial charge in [0, 0.05) is 15.4 Å². The number of ether oxygens (including phenoxy) is 1. The number of thiazole rings is 1. The van der Waals surface area contributed by atoms with Crippen LogP contribution in [0.5, 0.6) is 0 Å². The van der Waals surface area contributed by atoms with Gasteiger partial charge in [-0.05, 0) is 42.6 Å². The van der Waals surface area contributed by atoms with Crippen LogP contribution in [0, 0.1) is 0 Å². The fourth-order valence-electron chi connectivity index (χ4n) is 2.29. The lowest BCUT2D eigenvalue weighted by atomic mass is 10.3. The summed E-state index contributed by atoms with van der Waals surface area (Å²) in [4.78, 5) is 29.8. The summed E-state index contributed by atoms with van der Waals surface area (Å²) in [6, 6.07) is 9.56. The summed E-state index contributed by atoms with van der Waals surface area (Å²) in [6.45, 7) is 2.08. The zero-order valence-electron chi connectivity index (χ0n) is 13.8. The number of hydrogen-bond acceptors (Lipinski definition) is 5. The summed E-state index contributed by atoms with van der Waals surface area (Å²) in [7, 11) is 0. The minimum atomic E-state index is -0.373. The topological polar surface area (TPSA) is 60.7 Å². The molecule has 0 saturated carbocycles. The second-order valence-electron chi connectivity index (χ2n) is 5.19. The number of esters is 1. The predicted molar refractivity (Wildman–Crippen MR) is 108 cm³/mol. The molecule has 1 aromatic carbocycles. The van der Waals surface area contributed by atoms with Gasteiger partial charge in [0.25, 0.3) is 5.91 Å². The Balaban J connectivity index is 1.99. The van der Waals surface area contributed by atoms with Gasteiger partial charge in [0.15, 0.2) is 4.80 Å². The van der Waals surface area contributed by atoms with Crippen LogP contribution in [0.1, 0.15) is 11.8 Å². The van der Waals surface area contributed by atoms with E-state index in [9.17, 15) is 9.59 Å². The Morgan fingerprint density at radius 2 is 2.19 bits per heavy atom. The average Bonchev–Trinajstić information content (AvgIpc) is 3.22. The fourth-order valence-corrected chi connectivity index (χ4v) is 4.50. The molecule has 0 aliphatic carbocycles. The van der Waals surface area contributed by atoms with Gasteiger partial charge in [-0.25, -0.2) is 0 Å². The molecule has 2 heterocycles. The zero-order valence-corrected chi connectivity index (χ0v) is 17.1. The standard InChI is InChI=1S/C18H15BrN2O3S2/c1-2-24-17(23)11-21-14-7-5-12(19)10-15(14)26-18(21)20-16(22)8-6-13-4-3-9-25-13/h3-10H,2,11H2,1H3/b8-6+,20-18-. The van der Waals surface area contributed by atoms with Gasteiger partial charge in [-0.2, -0.15) is 4.99 Å². The third kappa shape index (κ3) is 4.57. The Labute approximate surface area is 166 Å². The molecule has 134 valence electrons. The molecule has 0 aliphatic heterocycles. The number of carbonyl (C=O) groups is 2. The van der Waals surface area contributed by atoms with E-state index >= 15 is 0 Å². The van der Waals surface area contributed by atoms with E-state index in [1.807, 2.05) is 35.7 Å². The van der Waals surface area contributed by atoms with E-state index in [0.717, 1.165) is 19.6 Å². The zero-order chi connectivity index (χ0) is 18.5. The molecule has 0 saturated heterocycles. The molecular formula is C18H15BrN2O3S2. The molecule has 0 unspecified atom stereocenters. The first-order valence-corrected chi connectivity index (χ1v) is 10.3. The van der Waals surface area contributed by atoms with Crippen LogP contribution in [-0.2, 0) is 20.9 Å². The lowest BCUT2D eigenvalue weighted by Gasteiger charge is -2.04. The molecule has 8 heteroatoms. The van der Waals surface area contributed by atoms with Crippen molar-refractivity contribution in [2.45, 2.75) is 13.5 Å². The summed E-state index contributed by atoms with van der Waals surface area (Å²) in [5.74, 6) is -0.736. The molecule has 0 N–H and O–H groups in total. The Kier molecular flexibility index (Phi) is 6.18. The summed E-state index contributed by atoms with van der Waals surface area (Å²) >= 11 is 6.34. The molecule has 3 rings (SSSR count). The SMILES string of the molecule is CCOC(=O)Cn1/c(=N/C(=O)/C=C/c2cccs2)sc2cc(Br)ccc21. The van der Waals surface area contributed by atoms with Crippen LogP contribution < -0.4 is 4.80 Å². The van der Waals surface area contributed by atoms with Crippen LogP contribution in [-0.4, -0.2) is 23.1 Å². The van der Waals surface area contributed by atoms with E-state index in [1.165, 1.54) is 17.4 Å². The summed E-state index contributed by atoms with van der Waals surface area (Å²) < 4.78 is 8.60. The first-order valence-electron chi connectivity index (χ1n) is 7.81. The van der Waals surface area contributed by atoms with E-state index in [0.29, 0.717) is 11.4 Å². The predicted octanol–water partition coefficient (Wildman–Crippen LogP) is 4.23. The first kappa shape index (κ1) is 18.8. The molecule has 1 amide bonds. The second-order valence-corrected chi connectivity index (χ2v) is 8.09. The van der Waals surface area contributed by atoms with E-state index < -0.39 is 0 Å². The number of nitrogens with zero attached hydrogens (tertiary/aromatic N) is 2. The highest BCUT2D eigenvalue weighted by Crippen LogP contribution is 2.22. The van der Waals surface area contributed by atoms with Gasteiger partial charge in [0.2, 0.25) is 0 Å². The van der Waals surface area contributed by atoms with Crippen LogP contribution in [0.25, 0.3) is 16.3 Å². The smallest absolute Gasteiger partial charge is 0.326 e. The maximum Gasteiger partial charge on any atom is 0.326 e. The Hall–Kier alpha value is -2.03. The van der Waals surface area contributed by atoms with Crippen molar-refractivity contribution in [3.05, 3.63) is 55.9 Å². The van der Waals surface area contributed by atoms with Gasteiger partial charge in [0.1, 0.15) is 6.54 Å². The van der Waals surface area contributed by atoms with Crippen LogP contribution >= 0.6 is 38.6 Å². The van der Waals surface area contributed by atoms with Gasteiger partial charge < -0.3 is 9.30 Å².